The van der Waals surface area contributed by atoms with Crippen molar-refractivity contribution in [3.8, 4) is 0 Å². The number of carbonyl (C=O) groups excluding carboxylic acids is 2. The Kier molecular flexibility index (Phi) is 4.77. The van der Waals surface area contributed by atoms with E-state index in [2.05, 4.69) is 21.0 Å². The molecule has 1 aliphatic carbocycles. The van der Waals surface area contributed by atoms with Crippen LogP contribution >= 0.6 is 0 Å². The number of nitrogens with one attached hydrogen (secondary N) is 3. The van der Waals surface area contributed by atoms with E-state index in [1.165, 1.54) is 6.08 Å². The number of hydrogen-bond donors (Lipinski definition) is 3. The number of nitrogens with zero attached hydrogens (tertiary/aromatic N) is 2. The molecule has 2 amide bonds. The zero-order valence-electron chi connectivity index (χ0n) is 15.2. The summed E-state index contributed by atoms with van der Waals surface area (Å²) in [5.41, 5.74) is 1.90. The van der Waals surface area contributed by atoms with Crippen LogP contribution in [-0.2, 0) is 9.59 Å². The van der Waals surface area contributed by atoms with E-state index in [0.29, 0.717) is 18.2 Å². The Hall–Kier alpha value is -2.93. The molecule has 2 unspecified atom stereocenters. The second kappa shape index (κ2) is 7.36. The van der Waals surface area contributed by atoms with Crippen molar-refractivity contribution in [1.82, 2.24) is 20.4 Å². The summed E-state index contributed by atoms with van der Waals surface area (Å²) in [5.74, 6) is 0.749. The Bertz CT molecular complexity index is 870. The molecule has 0 radical (unpaired) electrons. The maximum Gasteiger partial charge on any atom is 0.249 e. The average molecular weight is 365 g/mol. The molecule has 140 valence electrons. The van der Waals surface area contributed by atoms with Gasteiger partial charge < -0.3 is 10.6 Å². The third kappa shape index (κ3) is 4.25. The van der Waals surface area contributed by atoms with Crippen LogP contribution in [0.3, 0.4) is 0 Å². The summed E-state index contributed by atoms with van der Waals surface area (Å²) in [6.45, 7) is 1.96. The first-order chi connectivity index (χ1) is 13.1. The third-order valence-electron chi connectivity index (χ3n) is 4.70. The molecule has 2 aromatic rings. The molecule has 2 heterocycles. The van der Waals surface area contributed by atoms with Gasteiger partial charge >= 0.3 is 0 Å². The Balaban J connectivity index is 1.53. The molecule has 4 rings (SSSR count). The second-order valence-electron chi connectivity index (χ2n) is 7.15. The van der Waals surface area contributed by atoms with Gasteiger partial charge in [0.15, 0.2) is 6.29 Å². The van der Waals surface area contributed by atoms with Gasteiger partial charge in [0.05, 0.1) is 5.69 Å². The van der Waals surface area contributed by atoms with Crippen LogP contribution < -0.4 is 16.0 Å². The van der Waals surface area contributed by atoms with E-state index in [9.17, 15) is 9.59 Å². The van der Waals surface area contributed by atoms with E-state index in [1.807, 2.05) is 43.3 Å². The van der Waals surface area contributed by atoms with Crippen LogP contribution in [0, 0.1) is 0 Å². The predicted molar refractivity (Wildman–Crippen MR) is 103 cm³/mol. The van der Waals surface area contributed by atoms with Crippen molar-refractivity contribution < 1.29 is 9.59 Å². The van der Waals surface area contributed by atoms with E-state index in [1.54, 1.807) is 10.8 Å². The van der Waals surface area contributed by atoms with E-state index in [-0.39, 0.29) is 17.9 Å². The first kappa shape index (κ1) is 17.5. The zero-order chi connectivity index (χ0) is 18.8. The average Bonchev–Trinajstić information content (AvgIpc) is 3.41. The quantitative estimate of drug-likeness (QED) is 0.710. The molecule has 2 fully saturated rings. The van der Waals surface area contributed by atoms with Crippen molar-refractivity contribution in [2.75, 3.05) is 5.32 Å². The smallest absolute Gasteiger partial charge is 0.249 e. The minimum atomic E-state index is -0.470. The van der Waals surface area contributed by atoms with Crippen molar-refractivity contribution in [1.29, 1.82) is 0 Å². The van der Waals surface area contributed by atoms with Gasteiger partial charge in [0, 0.05) is 30.5 Å². The van der Waals surface area contributed by atoms with Crippen molar-refractivity contribution in [2.24, 2.45) is 0 Å². The molecule has 27 heavy (non-hydrogen) atoms. The Labute approximate surface area is 157 Å². The van der Waals surface area contributed by atoms with Crippen LogP contribution in [-0.4, -0.2) is 27.6 Å². The first-order valence-corrected chi connectivity index (χ1v) is 9.27. The number of aromatic nitrogens is 2. The van der Waals surface area contributed by atoms with Gasteiger partial charge in [-0.05, 0) is 31.4 Å². The number of benzene rings is 1. The maximum atomic E-state index is 12.4. The summed E-state index contributed by atoms with van der Waals surface area (Å²) in [7, 11) is 0. The fraction of sp³-hybridized carbons (Fsp3) is 0.350. The van der Waals surface area contributed by atoms with Crippen molar-refractivity contribution in [3.63, 3.8) is 0 Å². The van der Waals surface area contributed by atoms with Crippen LogP contribution in [0.5, 0.6) is 0 Å². The normalized spacial score (nSPS) is 22.6. The van der Waals surface area contributed by atoms with Crippen LogP contribution in [0.1, 0.15) is 49.7 Å². The number of hydrogen-bond acceptors (Lipinski definition) is 4. The Morgan fingerprint density at radius 2 is 2.07 bits per heavy atom. The maximum absolute atomic E-state index is 12.4. The molecule has 0 spiro atoms. The van der Waals surface area contributed by atoms with Gasteiger partial charge in [0.1, 0.15) is 5.82 Å². The standard InChI is InChI=1S/C20H23N5O2/c1-13-11-19(27)23-20(21-13)25-17(12-16(24-25)15-8-9-15)22-18(26)10-7-14-5-3-2-4-6-14/h2-7,10,12-13,15,20-21H,8-9,11H2,1H3,(H,22,26)(H,23,27)/b10-7-. The highest BCUT2D eigenvalue weighted by atomic mass is 16.2. The molecule has 7 nitrogen and oxygen atoms in total. The van der Waals surface area contributed by atoms with E-state index < -0.39 is 6.29 Å². The van der Waals surface area contributed by atoms with Gasteiger partial charge in [0.25, 0.3) is 0 Å². The molecule has 1 aromatic carbocycles. The van der Waals surface area contributed by atoms with Crippen molar-refractivity contribution in [3.05, 3.63) is 53.7 Å². The van der Waals surface area contributed by atoms with Gasteiger partial charge in [-0.25, -0.2) is 4.68 Å². The predicted octanol–water partition coefficient (Wildman–Crippen LogP) is 2.37. The lowest BCUT2D eigenvalue weighted by Crippen LogP contribution is -2.52. The molecule has 1 aromatic heterocycles. The number of carbonyl (C=O) groups is 2. The molecule has 0 bridgehead atoms. The Morgan fingerprint density at radius 3 is 2.78 bits per heavy atom. The topological polar surface area (TPSA) is 88.1 Å². The first-order valence-electron chi connectivity index (χ1n) is 9.27. The van der Waals surface area contributed by atoms with Crippen molar-refractivity contribution >= 4 is 23.7 Å². The van der Waals surface area contributed by atoms with Crippen LogP contribution in [0.4, 0.5) is 5.82 Å². The molecular weight excluding hydrogens is 342 g/mol. The molecule has 3 N–H and O–H groups in total. The van der Waals surface area contributed by atoms with Gasteiger partial charge in [-0.3, -0.25) is 14.9 Å². The van der Waals surface area contributed by atoms with Gasteiger partial charge in [-0.15, -0.1) is 0 Å². The fourth-order valence-electron chi connectivity index (χ4n) is 3.18. The molecule has 1 saturated carbocycles. The SMILES string of the molecule is CC1CC(=O)NC(n2nc(C3CC3)cc2NC(=O)/C=C\c2ccccc2)N1. The highest BCUT2D eigenvalue weighted by molar-refractivity contribution is 6.01. The zero-order valence-corrected chi connectivity index (χ0v) is 15.2. The summed E-state index contributed by atoms with van der Waals surface area (Å²) in [5, 5.41) is 13.7. The Morgan fingerprint density at radius 1 is 1.30 bits per heavy atom. The lowest BCUT2D eigenvalue weighted by molar-refractivity contribution is -0.125. The number of anilines is 1. The summed E-state index contributed by atoms with van der Waals surface area (Å²) in [6, 6.07) is 11.6. The van der Waals surface area contributed by atoms with Crippen molar-refractivity contribution in [2.45, 2.75) is 44.4 Å². The van der Waals surface area contributed by atoms with Gasteiger partial charge in [-0.2, -0.15) is 5.10 Å². The number of amides is 2. The monoisotopic (exact) mass is 365 g/mol. The largest absolute Gasteiger partial charge is 0.322 e. The lowest BCUT2D eigenvalue weighted by atomic mass is 10.2. The molecule has 1 aliphatic heterocycles. The van der Waals surface area contributed by atoms with Crippen LogP contribution in [0.2, 0.25) is 0 Å². The van der Waals surface area contributed by atoms with Gasteiger partial charge in [0.2, 0.25) is 11.8 Å². The highest BCUT2D eigenvalue weighted by Gasteiger charge is 2.31. The van der Waals surface area contributed by atoms with E-state index >= 15 is 0 Å². The minimum Gasteiger partial charge on any atom is -0.322 e. The minimum absolute atomic E-state index is 0.0315. The summed E-state index contributed by atoms with van der Waals surface area (Å²) in [4.78, 5) is 24.3. The molecule has 1 saturated heterocycles. The molecule has 7 heteroatoms. The second-order valence-corrected chi connectivity index (χ2v) is 7.15. The lowest BCUT2D eigenvalue weighted by Gasteiger charge is -2.30. The fourth-order valence-corrected chi connectivity index (χ4v) is 3.18. The molecular formula is C20H23N5O2. The van der Waals surface area contributed by atoms with Crippen LogP contribution in [0.25, 0.3) is 6.08 Å². The summed E-state index contributed by atoms with van der Waals surface area (Å²) in [6.07, 6.45) is 5.44. The third-order valence-corrected chi connectivity index (χ3v) is 4.70. The van der Waals surface area contributed by atoms with E-state index in [0.717, 1.165) is 24.1 Å². The molecule has 2 aliphatic rings. The summed E-state index contributed by atoms with van der Waals surface area (Å²) >= 11 is 0. The highest BCUT2D eigenvalue weighted by Crippen LogP contribution is 2.40. The van der Waals surface area contributed by atoms with Gasteiger partial charge in [-0.1, -0.05) is 30.3 Å². The molecule has 2 atom stereocenters. The summed E-state index contributed by atoms with van der Waals surface area (Å²) < 4.78 is 1.66. The van der Waals surface area contributed by atoms with Crippen LogP contribution in [0.15, 0.2) is 42.5 Å². The number of rotatable bonds is 5. The van der Waals surface area contributed by atoms with E-state index in [4.69, 9.17) is 0 Å².